The van der Waals surface area contributed by atoms with E-state index in [1.165, 1.54) is 11.3 Å². The smallest absolute Gasteiger partial charge is 0.416 e. The topological polar surface area (TPSA) is 116 Å². The molecule has 1 aliphatic heterocycles. The first-order valence-corrected chi connectivity index (χ1v) is 12.8. The van der Waals surface area contributed by atoms with E-state index >= 15 is 0 Å². The highest BCUT2D eigenvalue weighted by Gasteiger charge is 2.29. The quantitative estimate of drug-likeness (QED) is 0.470. The van der Waals surface area contributed by atoms with Gasteiger partial charge in [0.1, 0.15) is 18.1 Å². The van der Waals surface area contributed by atoms with Gasteiger partial charge in [0, 0.05) is 19.6 Å². The molecule has 0 spiro atoms. The number of aromatic nitrogens is 1. The molecule has 3 aromatic rings. The zero-order valence-corrected chi connectivity index (χ0v) is 20.8. The van der Waals surface area contributed by atoms with Crippen LogP contribution < -0.4 is 25.3 Å². The van der Waals surface area contributed by atoms with Crippen LogP contribution in [0.25, 0.3) is 10.4 Å². The van der Waals surface area contributed by atoms with Gasteiger partial charge in [-0.1, -0.05) is 47.2 Å². The van der Waals surface area contributed by atoms with Crippen LogP contribution >= 0.6 is 11.3 Å². The van der Waals surface area contributed by atoms with Crippen LogP contribution in [0.4, 0.5) is 9.93 Å². The third-order valence-electron chi connectivity index (χ3n) is 5.99. The molecule has 0 atom stereocenters. The first kappa shape index (κ1) is 23.9. The number of nitrogen functional groups attached to an aromatic ring is 1. The molecule has 1 fully saturated rings. The number of para-hydroxylation sites is 1. The maximum absolute atomic E-state index is 13.2. The van der Waals surface area contributed by atoms with Gasteiger partial charge in [0.25, 0.3) is 5.91 Å². The zero-order valence-electron chi connectivity index (χ0n) is 20.0. The second-order valence-electron chi connectivity index (χ2n) is 8.90. The number of carbonyl (C=O) groups excluding carboxylic acids is 2. The van der Waals surface area contributed by atoms with Crippen molar-refractivity contribution in [2.75, 3.05) is 38.6 Å². The molecule has 10 heteroatoms. The summed E-state index contributed by atoms with van der Waals surface area (Å²) in [6, 6.07) is 13.1. The lowest BCUT2D eigenvalue weighted by Gasteiger charge is -2.23. The van der Waals surface area contributed by atoms with Gasteiger partial charge >= 0.3 is 6.09 Å². The molecule has 188 valence electrons. The molecule has 3 N–H and O–H groups in total. The number of aryl methyl sites for hydroxylation is 1. The Morgan fingerprint density at radius 1 is 1.19 bits per heavy atom. The van der Waals surface area contributed by atoms with E-state index in [0.717, 1.165) is 24.0 Å². The molecule has 2 aliphatic rings. The number of rotatable bonds is 8. The molecule has 0 bridgehead atoms. The lowest BCUT2D eigenvalue weighted by Crippen LogP contribution is -2.41. The number of amides is 2. The van der Waals surface area contributed by atoms with Gasteiger partial charge in [0.15, 0.2) is 16.6 Å². The van der Waals surface area contributed by atoms with Crippen LogP contribution in [-0.2, 0) is 0 Å². The molecule has 2 amide bonds. The maximum Gasteiger partial charge on any atom is 0.416 e. The highest BCUT2D eigenvalue weighted by molar-refractivity contribution is 7.19. The summed E-state index contributed by atoms with van der Waals surface area (Å²) < 4.78 is 16.9. The van der Waals surface area contributed by atoms with E-state index in [1.54, 1.807) is 23.1 Å². The molecular weight excluding hydrogens is 480 g/mol. The normalized spacial score (nSPS) is 14.2. The van der Waals surface area contributed by atoms with Gasteiger partial charge in [-0.25, -0.2) is 4.79 Å². The Kier molecular flexibility index (Phi) is 6.95. The van der Waals surface area contributed by atoms with E-state index in [4.69, 9.17) is 19.9 Å². The molecule has 0 unspecified atom stereocenters. The molecule has 1 aromatic heterocycles. The number of nitrogens with one attached hydrogen (secondary N) is 1. The summed E-state index contributed by atoms with van der Waals surface area (Å²) in [5.74, 6) is 1.36. The average Bonchev–Trinajstić information content (AvgIpc) is 3.62. The molecule has 1 aliphatic carbocycles. The van der Waals surface area contributed by atoms with E-state index in [0.29, 0.717) is 59.3 Å². The predicted octanol–water partition coefficient (Wildman–Crippen LogP) is 4.11. The fourth-order valence-electron chi connectivity index (χ4n) is 4.03. The van der Waals surface area contributed by atoms with Crippen molar-refractivity contribution in [2.24, 2.45) is 5.92 Å². The van der Waals surface area contributed by atoms with Gasteiger partial charge in [-0.2, -0.15) is 4.98 Å². The van der Waals surface area contributed by atoms with Crippen LogP contribution in [-0.4, -0.2) is 54.7 Å². The fraction of sp³-hybridized carbons (Fsp3) is 0.346. The van der Waals surface area contributed by atoms with Crippen molar-refractivity contribution in [1.29, 1.82) is 0 Å². The first-order valence-electron chi connectivity index (χ1n) is 11.9. The summed E-state index contributed by atoms with van der Waals surface area (Å²) in [5, 5.41) is 3.21. The van der Waals surface area contributed by atoms with Crippen molar-refractivity contribution in [3.05, 3.63) is 53.6 Å². The summed E-state index contributed by atoms with van der Waals surface area (Å²) >= 11 is 1.28. The van der Waals surface area contributed by atoms with Gasteiger partial charge < -0.3 is 30.2 Å². The number of nitrogens with two attached hydrogens (primary N) is 1. The van der Waals surface area contributed by atoms with Gasteiger partial charge in [0.05, 0.1) is 5.56 Å². The highest BCUT2D eigenvalue weighted by atomic mass is 32.1. The number of fused-ring (bicyclic) bond motifs is 1. The minimum atomic E-state index is -0.510. The minimum Gasteiger partial charge on any atom is -0.486 e. The molecule has 0 radical (unpaired) electrons. The lowest BCUT2D eigenvalue weighted by molar-refractivity contribution is 0.0933. The molecule has 2 aromatic carbocycles. The Labute approximate surface area is 213 Å². The van der Waals surface area contributed by atoms with Crippen LogP contribution in [0.5, 0.6) is 17.4 Å². The van der Waals surface area contributed by atoms with Gasteiger partial charge in [-0.3, -0.25) is 4.79 Å². The Balaban J connectivity index is 1.24. The fourth-order valence-corrected chi connectivity index (χ4v) is 4.79. The highest BCUT2D eigenvalue weighted by Crippen LogP contribution is 2.38. The van der Waals surface area contributed by atoms with Crippen molar-refractivity contribution < 1.29 is 23.8 Å². The molecule has 2 heterocycles. The van der Waals surface area contributed by atoms with Crippen LogP contribution in [0.2, 0.25) is 0 Å². The minimum absolute atomic E-state index is 0.200. The van der Waals surface area contributed by atoms with E-state index < -0.39 is 6.09 Å². The maximum atomic E-state index is 13.2. The number of carbonyl (C=O) groups is 2. The number of nitrogens with zero attached hydrogens (tertiary/aromatic N) is 2. The number of hydrogen-bond acceptors (Lipinski definition) is 8. The number of anilines is 1. The van der Waals surface area contributed by atoms with E-state index in [1.807, 2.05) is 31.2 Å². The molecule has 5 rings (SSSR count). The Morgan fingerprint density at radius 3 is 2.81 bits per heavy atom. The monoisotopic (exact) mass is 508 g/mol. The van der Waals surface area contributed by atoms with E-state index in [9.17, 15) is 9.59 Å². The van der Waals surface area contributed by atoms with Gasteiger partial charge in [0.2, 0.25) is 5.88 Å². The van der Waals surface area contributed by atoms with Gasteiger partial charge in [-0.15, -0.1) is 0 Å². The van der Waals surface area contributed by atoms with E-state index in [-0.39, 0.29) is 18.3 Å². The largest absolute Gasteiger partial charge is 0.486 e. The molecular formula is C26H28N4O5S. The van der Waals surface area contributed by atoms with Crippen molar-refractivity contribution >= 4 is 28.5 Å². The summed E-state index contributed by atoms with van der Waals surface area (Å²) in [5.41, 5.74) is 8.33. The lowest BCUT2D eigenvalue weighted by atomic mass is 10.1. The number of benzene rings is 2. The average molecular weight is 509 g/mol. The third-order valence-corrected chi connectivity index (χ3v) is 6.90. The third kappa shape index (κ3) is 5.54. The number of hydrogen-bond donors (Lipinski definition) is 2. The molecule has 9 nitrogen and oxygen atoms in total. The Bertz CT molecular complexity index is 1270. The first-order chi connectivity index (χ1) is 17.5. The molecule has 0 saturated heterocycles. The van der Waals surface area contributed by atoms with Gasteiger partial charge in [-0.05, 0) is 43.4 Å². The van der Waals surface area contributed by atoms with Crippen molar-refractivity contribution in [3.63, 3.8) is 0 Å². The predicted molar refractivity (Wildman–Crippen MR) is 137 cm³/mol. The van der Waals surface area contributed by atoms with Crippen molar-refractivity contribution in [1.82, 2.24) is 15.2 Å². The second-order valence-corrected chi connectivity index (χ2v) is 9.93. The van der Waals surface area contributed by atoms with Crippen molar-refractivity contribution in [2.45, 2.75) is 19.8 Å². The van der Waals surface area contributed by atoms with Crippen LogP contribution in [0.1, 0.15) is 28.8 Å². The second kappa shape index (κ2) is 10.4. The van der Waals surface area contributed by atoms with Crippen molar-refractivity contribution in [3.8, 4) is 27.8 Å². The molecule has 36 heavy (non-hydrogen) atoms. The Morgan fingerprint density at radius 2 is 2.00 bits per heavy atom. The summed E-state index contributed by atoms with van der Waals surface area (Å²) in [6.07, 6.45) is 1.63. The summed E-state index contributed by atoms with van der Waals surface area (Å²) in [7, 11) is 0. The zero-order chi connectivity index (χ0) is 25.1. The van der Waals surface area contributed by atoms with Crippen LogP contribution in [0.3, 0.4) is 0 Å². The SMILES string of the molecule is Cc1cccc(-c2sc(N)nc2OC(=O)N(CCNC(=O)c2cccc3c2OCCO3)CC2CC2)c1. The van der Waals surface area contributed by atoms with Crippen LogP contribution in [0.15, 0.2) is 42.5 Å². The number of thiazole rings is 1. The Hall–Kier alpha value is -3.79. The standard InChI is InChI=1S/C26H28N4O5S/c1-16-4-2-5-18(14-16)22-24(29-25(27)36-22)35-26(32)30(15-17-8-9-17)11-10-28-23(31)19-6-3-7-20-21(19)34-13-12-33-20/h2-7,14,17H,8-13,15H2,1H3,(H2,27,29)(H,28,31). The summed E-state index contributed by atoms with van der Waals surface area (Å²) in [6.45, 7) is 3.96. The van der Waals surface area contributed by atoms with Crippen LogP contribution in [0, 0.1) is 12.8 Å². The number of ether oxygens (including phenoxy) is 3. The van der Waals surface area contributed by atoms with E-state index in [2.05, 4.69) is 10.3 Å². The summed E-state index contributed by atoms with van der Waals surface area (Å²) in [4.78, 5) is 32.6. The molecule has 1 saturated carbocycles.